The number of hydrogen-bond acceptors (Lipinski definition) is 4. The van der Waals surface area contributed by atoms with E-state index in [0.29, 0.717) is 0 Å². The van der Waals surface area contributed by atoms with Crippen LogP contribution in [-0.4, -0.2) is 10.0 Å². The first-order valence-electron chi connectivity index (χ1n) is 4.43. The fourth-order valence-corrected chi connectivity index (χ4v) is 2.63. The minimum atomic E-state index is 0. The summed E-state index contributed by atoms with van der Waals surface area (Å²) in [6.07, 6.45) is 7.22. The van der Waals surface area contributed by atoms with Gasteiger partial charge in [-0.15, -0.1) is 0 Å². The van der Waals surface area contributed by atoms with Crippen molar-refractivity contribution in [2.75, 3.05) is 0 Å². The van der Waals surface area contributed by atoms with Gasteiger partial charge in [-0.05, 0) is 46.7 Å². The number of pyridine rings is 1. The van der Waals surface area contributed by atoms with E-state index in [1.807, 2.05) is 37.3 Å². The highest BCUT2D eigenvalue weighted by Gasteiger charge is 1.98. The third-order valence-electron chi connectivity index (χ3n) is 1.38. The highest BCUT2D eigenvalue weighted by atomic mass is 33.1. The van der Waals surface area contributed by atoms with Crippen molar-refractivity contribution < 1.29 is 1.43 Å². The van der Waals surface area contributed by atoms with Crippen LogP contribution in [0.2, 0.25) is 0 Å². The third kappa shape index (κ3) is 4.85. The number of allylic oxidation sites excluding steroid dienone is 1. The van der Waals surface area contributed by atoms with Crippen molar-refractivity contribution in [3.8, 4) is 0 Å². The molecule has 0 aromatic carbocycles. The minimum absolute atomic E-state index is 0. The first kappa shape index (κ1) is 12.1. The Hall–Kier alpha value is -1.00. The van der Waals surface area contributed by atoms with Crippen LogP contribution < -0.4 is 0 Å². The van der Waals surface area contributed by atoms with E-state index in [-0.39, 0.29) is 1.43 Å². The zero-order chi connectivity index (χ0) is 10.9. The Balaban J connectivity index is 0.00000225. The van der Waals surface area contributed by atoms with E-state index in [9.17, 15) is 0 Å². The van der Waals surface area contributed by atoms with Gasteiger partial charge in [-0.3, -0.25) is 0 Å². The molecule has 1 aromatic heterocycles. The second-order valence-corrected chi connectivity index (χ2v) is 4.65. The van der Waals surface area contributed by atoms with Crippen molar-refractivity contribution in [2.45, 2.75) is 11.9 Å². The fraction of sp³-hybridized carbons (Fsp3) is 0.0909. The zero-order valence-corrected chi connectivity index (χ0v) is 10.1. The fourth-order valence-electron chi connectivity index (χ4n) is 0.807. The molecule has 0 aliphatic heterocycles. The molecule has 1 rings (SSSR count). The maximum Gasteiger partial charge on any atom is 0.107 e. The molecule has 0 radical (unpaired) electrons. The van der Waals surface area contributed by atoms with Gasteiger partial charge in [-0.2, -0.15) is 0 Å². The summed E-state index contributed by atoms with van der Waals surface area (Å²) in [4.78, 5) is 8.35. The molecule has 0 N–H and O–H groups in total. The number of hydrogen-bond donors (Lipinski definition) is 0. The summed E-state index contributed by atoms with van der Waals surface area (Å²) >= 11 is 0. The average Bonchev–Trinajstić information content (AvgIpc) is 2.28. The van der Waals surface area contributed by atoms with Crippen molar-refractivity contribution >= 4 is 26.6 Å². The minimum Gasteiger partial charge on any atom is -0.250 e. The molecular formula is C11H14N2S2. The molecule has 0 saturated heterocycles. The van der Waals surface area contributed by atoms with Gasteiger partial charge in [0.15, 0.2) is 0 Å². The summed E-state index contributed by atoms with van der Waals surface area (Å²) in [7, 11) is 3.15. The van der Waals surface area contributed by atoms with Crippen LogP contribution in [-0.2, 0) is 0 Å². The largest absolute Gasteiger partial charge is 0.250 e. The summed E-state index contributed by atoms with van der Waals surface area (Å²) in [5.74, 6) is 0. The molecule has 1 heterocycles. The van der Waals surface area contributed by atoms with E-state index in [1.165, 1.54) is 0 Å². The molecule has 80 valence electrons. The van der Waals surface area contributed by atoms with Crippen molar-refractivity contribution in [1.82, 2.24) is 4.98 Å². The molecule has 15 heavy (non-hydrogen) atoms. The lowest BCUT2D eigenvalue weighted by molar-refractivity contribution is 1.14. The summed E-state index contributed by atoms with van der Waals surface area (Å²) in [6.45, 7) is 5.54. The Morgan fingerprint density at radius 1 is 1.60 bits per heavy atom. The molecule has 0 aliphatic rings. The molecule has 2 nitrogen and oxygen atoms in total. The SMILES string of the molecule is C=CN=C(/C=C\C)SSc1ccccn1.[HH]. The smallest absolute Gasteiger partial charge is 0.107 e. The maximum absolute atomic E-state index is 4.21. The molecule has 0 spiro atoms. The number of rotatable bonds is 4. The second kappa shape index (κ2) is 7.31. The molecule has 0 unspecified atom stereocenters. The molecule has 0 saturated carbocycles. The number of nitrogens with zero attached hydrogens (tertiary/aromatic N) is 2. The zero-order valence-electron chi connectivity index (χ0n) is 8.46. The van der Waals surface area contributed by atoms with E-state index in [2.05, 4.69) is 16.6 Å². The standard InChI is InChI=1S/C11H12N2S2.H2/c1-3-7-10(12-4-2)14-15-11-8-5-6-9-13-11;/h3-9H,2H2,1H3;1H/b7-3-,12-10?;. The van der Waals surface area contributed by atoms with Gasteiger partial charge < -0.3 is 0 Å². The Morgan fingerprint density at radius 3 is 3.07 bits per heavy atom. The van der Waals surface area contributed by atoms with E-state index in [4.69, 9.17) is 0 Å². The molecular weight excluding hydrogens is 224 g/mol. The van der Waals surface area contributed by atoms with E-state index < -0.39 is 0 Å². The highest BCUT2D eigenvalue weighted by Crippen LogP contribution is 2.30. The summed E-state index contributed by atoms with van der Waals surface area (Å²) < 4.78 is 0. The Morgan fingerprint density at radius 2 is 2.47 bits per heavy atom. The maximum atomic E-state index is 4.21. The van der Waals surface area contributed by atoms with Crippen molar-refractivity contribution in [2.24, 2.45) is 4.99 Å². The normalized spacial score (nSPS) is 11.9. The molecule has 0 amide bonds. The molecule has 0 aliphatic carbocycles. The van der Waals surface area contributed by atoms with Crippen LogP contribution in [0.15, 0.2) is 59.3 Å². The van der Waals surface area contributed by atoms with E-state index in [0.717, 1.165) is 10.1 Å². The Kier molecular flexibility index (Phi) is 5.88. The lowest BCUT2D eigenvalue weighted by Crippen LogP contribution is -1.82. The van der Waals surface area contributed by atoms with Gasteiger partial charge in [0.25, 0.3) is 0 Å². The van der Waals surface area contributed by atoms with Crippen molar-refractivity contribution in [1.29, 1.82) is 0 Å². The first-order valence-corrected chi connectivity index (χ1v) is 6.58. The average molecular weight is 238 g/mol. The van der Waals surface area contributed by atoms with E-state index in [1.54, 1.807) is 34.0 Å². The summed E-state index contributed by atoms with van der Waals surface area (Å²) in [5.41, 5.74) is 0. The van der Waals surface area contributed by atoms with Crippen LogP contribution in [0.25, 0.3) is 0 Å². The van der Waals surface area contributed by atoms with Crippen LogP contribution >= 0.6 is 21.6 Å². The van der Waals surface area contributed by atoms with E-state index >= 15 is 0 Å². The van der Waals surface area contributed by atoms with Crippen LogP contribution in [0.3, 0.4) is 0 Å². The summed E-state index contributed by atoms with van der Waals surface area (Å²) in [6, 6.07) is 5.84. The highest BCUT2D eigenvalue weighted by molar-refractivity contribution is 8.82. The quantitative estimate of drug-likeness (QED) is 0.447. The van der Waals surface area contributed by atoms with Gasteiger partial charge in [0, 0.05) is 13.8 Å². The molecule has 0 bridgehead atoms. The lowest BCUT2D eigenvalue weighted by Gasteiger charge is -1.98. The lowest BCUT2D eigenvalue weighted by atomic mass is 10.5. The van der Waals surface area contributed by atoms with Crippen LogP contribution in [0.5, 0.6) is 0 Å². The number of aromatic nitrogens is 1. The van der Waals surface area contributed by atoms with Crippen molar-refractivity contribution in [3.63, 3.8) is 0 Å². The van der Waals surface area contributed by atoms with Crippen LogP contribution in [0.4, 0.5) is 0 Å². The Labute approximate surface area is 99.5 Å². The first-order chi connectivity index (χ1) is 7.36. The number of aliphatic imine (C=N–C) groups is 1. The third-order valence-corrected chi connectivity index (χ3v) is 3.56. The van der Waals surface area contributed by atoms with Crippen LogP contribution in [0.1, 0.15) is 8.35 Å². The van der Waals surface area contributed by atoms with Gasteiger partial charge in [-0.1, -0.05) is 18.7 Å². The molecule has 0 fully saturated rings. The predicted octanol–water partition coefficient (Wildman–Crippen LogP) is 4.19. The molecule has 0 atom stereocenters. The van der Waals surface area contributed by atoms with Crippen LogP contribution in [0, 0.1) is 0 Å². The van der Waals surface area contributed by atoms with Gasteiger partial charge in [0.2, 0.25) is 0 Å². The Bertz CT molecular complexity index is 364. The van der Waals surface area contributed by atoms with Gasteiger partial charge in [-0.25, -0.2) is 9.98 Å². The van der Waals surface area contributed by atoms with Gasteiger partial charge in [0.1, 0.15) is 10.1 Å². The van der Waals surface area contributed by atoms with Gasteiger partial charge >= 0.3 is 0 Å². The predicted molar refractivity (Wildman–Crippen MR) is 72.2 cm³/mol. The van der Waals surface area contributed by atoms with Crippen molar-refractivity contribution in [3.05, 3.63) is 49.3 Å². The molecule has 4 heteroatoms. The monoisotopic (exact) mass is 238 g/mol. The summed E-state index contributed by atoms with van der Waals surface area (Å²) in [5, 5.41) is 1.90. The molecule has 1 aromatic rings. The second-order valence-electron chi connectivity index (χ2n) is 2.48. The topological polar surface area (TPSA) is 25.2 Å². The van der Waals surface area contributed by atoms with Gasteiger partial charge in [0.05, 0.1) is 0 Å².